The molecule has 0 aliphatic heterocycles. The van der Waals surface area contributed by atoms with E-state index in [1.807, 2.05) is 0 Å². The highest BCUT2D eigenvalue weighted by molar-refractivity contribution is 5.87. The monoisotopic (exact) mass is 618 g/mol. The minimum Gasteiger partial charge on any atom is -0.508 e. The zero-order valence-corrected chi connectivity index (χ0v) is 28.4. The smallest absolute Gasteiger partial charge is 0.331 e. The molecular formula is C39H54O6. The van der Waals surface area contributed by atoms with Gasteiger partial charge in [0.05, 0.1) is 5.41 Å². The summed E-state index contributed by atoms with van der Waals surface area (Å²) in [4.78, 5) is 26.0. The summed E-state index contributed by atoms with van der Waals surface area (Å²) in [7, 11) is 0. The Bertz CT molecular complexity index is 1420. The molecule has 0 bridgehead atoms. The van der Waals surface area contributed by atoms with Crippen molar-refractivity contribution in [2.75, 3.05) is 0 Å². The van der Waals surface area contributed by atoms with Crippen LogP contribution in [0, 0.1) is 56.7 Å². The van der Waals surface area contributed by atoms with E-state index in [1.54, 1.807) is 6.08 Å². The van der Waals surface area contributed by atoms with Crippen molar-refractivity contribution < 1.29 is 29.6 Å². The molecule has 5 aliphatic carbocycles. The zero-order valence-electron chi connectivity index (χ0n) is 28.4. The fourth-order valence-electron chi connectivity index (χ4n) is 12.1. The van der Waals surface area contributed by atoms with Crippen molar-refractivity contribution in [1.29, 1.82) is 0 Å². The van der Waals surface area contributed by atoms with Gasteiger partial charge in [-0.3, -0.25) is 4.79 Å². The molecule has 6 heteroatoms. The van der Waals surface area contributed by atoms with E-state index in [9.17, 15) is 24.9 Å². The third-order valence-corrected chi connectivity index (χ3v) is 14.9. The Hall–Kier alpha value is -2.76. The van der Waals surface area contributed by atoms with E-state index in [1.165, 1.54) is 29.8 Å². The van der Waals surface area contributed by atoms with E-state index >= 15 is 0 Å². The minimum atomic E-state index is -0.624. The molecule has 0 amide bonds. The number of fused-ring (bicyclic) bond motifs is 7. The maximum Gasteiger partial charge on any atom is 0.331 e. The van der Waals surface area contributed by atoms with Crippen LogP contribution in [-0.2, 0) is 14.3 Å². The van der Waals surface area contributed by atoms with E-state index in [-0.39, 0.29) is 45.2 Å². The Morgan fingerprint density at radius 1 is 0.867 bits per heavy atom. The lowest BCUT2D eigenvalue weighted by Crippen LogP contribution is -2.65. The molecule has 0 aromatic heterocycles. The van der Waals surface area contributed by atoms with E-state index in [4.69, 9.17) is 4.74 Å². The third kappa shape index (κ3) is 4.62. The molecule has 246 valence electrons. The first-order chi connectivity index (χ1) is 21.0. The molecule has 1 aromatic rings. The predicted octanol–water partition coefficient (Wildman–Crippen LogP) is 8.77. The van der Waals surface area contributed by atoms with Crippen LogP contribution in [0.1, 0.15) is 112 Å². The van der Waals surface area contributed by atoms with Crippen LogP contribution < -0.4 is 0 Å². The van der Waals surface area contributed by atoms with Crippen LogP contribution >= 0.6 is 0 Å². The van der Waals surface area contributed by atoms with E-state index < -0.39 is 17.4 Å². The van der Waals surface area contributed by atoms with Gasteiger partial charge >= 0.3 is 11.9 Å². The number of phenolic OH excluding ortho intramolecular Hbond substituents is 2. The fourth-order valence-corrected chi connectivity index (χ4v) is 12.1. The van der Waals surface area contributed by atoms with Crippen molar-refractivity contribution in [1.82, 2.24) is 0 Å². The summed E-state index contributed by atoms with van der Waals surface area (Å²) in [6, 6.07) is 4.24. The molecule has 3 N–H and O–H groups in total. The standard InChI is InChI=1S/C39H54O6/c1-23-12-17-39(34(43)44)19-18-37(6)28(33(39)24(23)2)9-10-30-36(5)15-14-31(35(3,4)29(36)13-16-38(30,37)7)45-32(42)11-8-25-20-26(40)22-27(41)21-25/h8-9,11,20-24,29-31,33,40-41H,10,12-19H2,1-7H3,(H,43,44)/t23-,24+,29+,30-,31+,33+,36+,37-,38-,39+/m1/s1. The maximum atomic E-state index is 13.0. The van der Waals surface area contributed by atoms with Gasteiger partial charge in [0.1, 0.15) is 17.6 Å². The number of rotatable bonds is 4. The van der Waals surface area contributed by atoms with Crippen molar-refractivity contribution in [3.05, 3.63) is 41.5 Å². The van der Waals surface area contributed by atoms with Gasteiger partial charge in [0, 0.05) is 17.6 Å². The van der Waals surface area contributed by atoms with Crippen molar-refractivity contribution in [2.24, 2.45) is 56.7 Å². The van der Waals surface area contributed by atoms with Crippen LogP contribution in [0.5, 0.6) is 11.5 Å². The number of benzene rings is 1. The fraction of sp³-hybridized carbons (Fsp3) is 0.692. The molecule has 6 nitrogen and oxygen atoms in total. The molecule has 5 aliphatic rings. The Balaban J connectivity index is 1.26. The van der Waals surface area contributed by atoms with Crippen LogP contribution in [0.25, 0.3) is 6.08 Å². The van der Waals surface area contributed by atoms with Gasteiger partial charge in [0.2, 0.25) is 0 Å². The number of ether oxygens (including phenoxy) is 1. The van der Waals surface area contributed by atoms with Gasteiger partial charge in [0.25, 0.3) is 0 Å². The van der Waals surface area contributed by atoms with Crippen molar-refractivity contribution in [3.8, 4) is 11.5 Å². The second-order valence-electron chi connectivity index (χ2n) is 17.0. The van der Waals surface area contributed by atoms with E-state index in [0.29, 0.717) is 29.2 Å². The van der Waals surface area contributed by atoms with E-state index in [2.05, 4.69) is 54.5 Å². The summed E-state index contributed by atoms with van der Waals surface area (Å²) in [5.41, 5.74) is 1.33. The lowest BCUT2D eigenvalue weighted by Gasteiger charge is -2.71. The summed E-state index contributed by atoms with van der Waals surface area (Å²) in [5, 5.41) is 30.2. The normalized spacial score (nSPS) is 43.7. The lowest BCUT2D eigenvalue weighted by molar-refractivity contribution is -0.213. The molecule has 45 heavy (non-hydrogen) atoms. The van der Waals surface area contributed by atoms with Gasteiger partial charge in [0.15, 0.2) is 0 Å². The number of allylic oxidation sites excluding steroid dienone is 2. The highest BCUT2D eigenvalue weighted by Gasteiger charge is 2.69. The van der Waals surface area contributed by atoms with Crippen LogP contribution in [0.3, 0.4) is 0 Å². The number of aliphatic carboxylic acids is 1. The topological polar surface area (TPSA) is 104 Å². The van der Waals surface area contributed by atoms with Gasteiger partial charge < -0.3 is 20.1 Å². The van der Waals surface area contributed by atoms with Gasteiger partial charge in [-0.25, -0.2) is 4.79 Å². The first-order valence-corrected chi connectivity index (χ1v) is 17.4. The van der Waals surface area contributed by atoms with Crippen LogP contribution in [-0.4, -0.2) is 33.4 Å². The molecule has 1 aromatic carbocycles. The van der Waals surface area contributed by atoms with E-state index in [0.717, 1.165) is 57.8 Å². The number of esters is 1. The van der Waals surface area contributed by atoms with Gasteiger partial charge in [-0.2, -0.15) is 0 Å². The highest BCUT2D eigenvalue weighted by Crippen LogP contribution is 2.75. The average molecular weight is 619 g/mol. The largest absolute Gasteiger partial charge is 0.508 e. The second-order valence-corrected chi connectivity index (χ2v) is 17.0. The molecule has 0 radical (unpaired) electrons. The first-order valence-electron chi connectivity index (χ1n) is 17.4. The summed E-state index contributed by atoms with van der Waals surface area (Å²) < 4.78 is 6.15. The number of carbonyl (C=O) groups excluding carboxylic acids is 1. The summed E-state index contributed by atoms with van der Waals surface area (Å²) in [6.45, 7) is 16.7. The number of carboxylic acid groups (broad SMARTS) is 1. The number of hydrogen-bond donors (Lipinski definition) is 3. The molecule has 4 fully saturated rings. The minimum absolute atomic E-state index is 0.0165. The summed E-state index contributed by atoms with van der Waals surface area (Å²) >= 11 is 0. The van der Waals surface area contributed by atoms with Gasteiger partial charge in [-0.15, -0.1) is 0 Å². The molecule has 10 atom stereocenters. The Labute approximate surface area is 269 Å². The predicted molar refractivity (Wildman–Crippen MR) is 175 cm³/mol. The molecular weight excluding hydrogens is 564 g/mol. The van der Waals surface area contributed by atoms with Gasteiger partial charge in [-0.1, -0.05) is 60.1 Å². The molecule has 4 saturated carbocycles. The zero-order chi connectivity index (χ0) is 32.7. The molecule has 0 saturated heterocycles. The molecule has 0 spiro atoms. The van der Waals surface area contributed by atoms with Crippen LogP contribution in [0.2, 0.25) is 0 Å². The number of carboxylic acids is 1. The Morgan fingerprint density at radius 3 is 2.22 bits per heavy atom. The quantitative estimate of drug-likeness (QED) is 0.177. The number of carbonyl (C=O) groups is 2. The SMILES string of the molecule is C[C@H]1[C@H](C)CC[C@]2(C(=O)O)CC[C@]3(C)C(=CC[C@@H]4[C@@]5(C)CC[C@H](OC(=O)C=Cc6cc(O)cc(O)c6)C(C)(C)[C@@H]5CC[C@]43C)[C@H]12. The number of aromatic hydroxyl groups is 2. The van der Waals surface area contributed by atoms with Crippen molar-refractivity contribution >= 4 is 18.0 Å². The molecule has 0 heterocycles. The Kier molecular flexibility index (Phi) is 7.61. The van der Waals surface area contributed by atoms with Crippen molar-refractivity contribution in [3.63, 3.8) is 0 Å². The van der Waals surface area contributed by atoms with Crippen molar-refractivity contribution in [2.45, 2.75) is 112 Å². The highest BCUT2D eigenvalue weighted by atomic mass is 16.5. The number of phenols is 2. The maximum absolute atomic E-state index is 13.0. The molecule has 6 rings (SSSR count). The van der Waals surface area contributed by atoms with Gasteiger partial charge in [-0.05, 0) is 127 Å². The number of hydrogen-bond acceptors (Lipinski definition) is 5. The Morgan fingerprint density at radius 2 is 1.56 bits per heavy atom. The lowest BCUT2D eigenvalue weighted by atomic mass is 9.33. The third-order valence-electron chi connectivity index (χ3n) is 14.9. The second kappa shape index (κ2) is 10.6. The first kappa shape index (κ1) is 32.2. The molecule has 0 unspecified atom stereocenters. The summed E-state index contributed by atoms with van der Waals surface area (Å²) in [5.74, 6) is 0.792. The summed E-state index contributed by atoms with van der Waals surface area (Å²) in [6.07, 6.45) is 13.8. The van der Waals surface area contributed by atoms with Crippen LogP contribution in [0.15, 0.2) is 35.9 Å². The van der Waals surface area contributed by atoms with Crippen LogP contribution in [0.4, 0.5) is 0 Å². The average Bonchev–Trinajstić information content (AvgIpc) is 2.95.